The highest BCUT2D eigenvalue weighted by molar-refractivity contribution is 7.14. The summed E-state index contributed by atoms with van der Waals surface area (Å²) in [6.07, 6.45) is -0.602. The lowest BCUT2D eigenvalue weighted by molar-refractivity contribution is 0.215. The number of hydrogen-bond acceptors (Lipinski definition) is 4. The van der Waals surface area contributed by atoms with E-state index in [0.717, 1.165) is 0 Å². The molecule has 1 heterocycles. The van der Waals surface area contributed by atoms with Gasteiger partial charge in [-0.15, -0.1) is 11.3 Å². The predicted molar refractivity (Wildman–Crippen MR) is 65.1 cm³/mol. The van der Waals surface area contributed by atoms with Crippen molar-refractivity contribution >= 4 is 22.4 Å². The lowest BCUT2D eigenvalue weighted by atomic mass is 10.3. The van der Waals surface area contributed by atoms with Gasteiger partial charge in [0, 0.05) is 0 Å². The van der Waals surface area contributed by atoms with E-state index >= 15 is 0 Å². The molecule has 1 aromatic carbocycles. The van der Waals surface area contributed by atoms with Gasteiger partial charge in [-0.3, -0.25) is 5.32 Å². The van der Waals surface area contributed by atoms with Crippen molar-refractivity contribution in [3.05, 3.63) is 47.3 Å². The molecular formula is C12H8N2O2S. The van der Waals surface area contributed by atoms with Gasteiger partial charge in [-0.1, -0.05) is 18.2 Å². The van der Waals surface area contributed by atoms with Crippen molar-refractivity contribution in [2.75, 3.05) is 5.32 Å². The smallest absolute Gasteiger partial charge is 0.410 e. The van der Waals surface area contributed by atoms with E-state index in [4.69, 9.17) is 10.00 Å². The van der Waals surface area contributed by atoms with Crippen LogP contribution < -0.4 is 10.1 Å². The maximum absolute atomic E-state index is 11.5. The Kier molecular flexibility index (Phi) is 3.38. The van der Waals surface area contributed by atoms with Crippen LogP contribution in [0.4, 0.5) is 9.80 Å². The highest BCUT2D eigenvalue weighted by Crippen LogP contribution is 2.22. The Morgan fingerprint density at radius 1 is 1.29 bits per heavy atom. The monoisotopic (exact) mass is 244 g/mol. The van der Waals surface area contributed by atoms with Gasteiger partial charge in [-0.25, -0.2) is 4.79 Å². The molecule has 0 saturated heterocycles. The maximum atomic E-state index is 11.5. The van der Waals surface area contributed by atoms with Crippen LogP contribution in [0.15, 0.2) is 41.8 Å². The first-order valence-corrected chi connectivity index (χ1v) is 5.69. The van der Waals surface area contributed by atoms with Crippen LogP contribution in [-0.4, -0.2) is 6.09 Å². The van der Waals surface area contributed by atoms with Gasteiger partial charge < -0.3 is 4.74 Å². The van der Waals surface area contributed by atoms with E-state index in [1.54, 1.807) is 35.7 Å². The third-order valence-electron chi connectivity index (χ3n) is 1.96. The van der Waals surface area contributed by atoms with Gasteiger partial charge in [0.05, 0.1) is 5.56 Å². The Morgan fingerprint density at radius 2 is 2.06 bits per heavy atom. The Balaban J connectivity index is 2.01. The molecule has 2 aromatic rings. The Hall–Kier alpha value is -2.32. The third kappa shape index (κ3) is 2.83. The van der Waals surface area contributed by atoms with E-state index in [-0.39, 0.29) is 0 Å². The molecule has 5 heteroatoms. The van der Waals surface area contributed by atoms with E-state index in [1.807, 2.05) is 12.1 Å². The number of carbonyl (C=O) groups excluding carboxylic acids is 1. The summed E-state index contributed by atoms with van der Waals surface area (Å²) in [6, 6.07) is 12.4. The van der Waals surface area contributed by atoms with Crippen LogP contribution in [0.1, 0.15) is 5.56 Å². The summed E-state index contributed by atoms with van der Waals surface area (Å²) in [4.78, 5) is 11.5. The van der Waals surface area contributed by atoms with E-state index in [9.17, 15) is 4.79 Å². The van der Waals surface area contributed by atoms with Crippen LogP contribution >= 0.6 is 11.3 Å². The molecule has 0 aliphatic carbocycles. The molecule has 0 saturated carbocycles. The summed E-state index contributed by atoms with van der Waals surface area (Å²) in [5, 5.41) is 13.5. The fourth-order valence-electron chi connectivity index (χ4n) is 1.21. The molecule has 1 N–H and O–H groups in total. The summed E-state index contributed by atoms with van der Waals surface area (Å²) >= 11 is 1.28. The molecule has 1 amide bonds. The number of nitriles is 1. The SMILES string of the molecule is N#Cc1ccsc1NC(=O)Oc1ccccc1. The molecule has 0 fully saturated rings. The first kappa shape index (κ1) is 11.2. The summed E-state index contributed by atoms with van der Waals surface area (Å²) < 4.78 is 5.03. The van der Waals surface area contributed by atoms with Crippen LogP contribution in [0.25, 0.3) is 0 Å². The molecule has 0 bridgehead atoms. The Morgan fingerprint density at radius 3 is 2.76 bits per heavy atom. The molecule has 1 aromatic heterocycles. The van der Waals surface area contributed by atoms with Gasteiger partial charge in [0.25, 0.3) is 0 Å². The molecule has 84 valence electrons. The van der Waals surface area contributed by atoms with Crippen molar-refractivity contribution in [3.63, 3.8) is 0 Å². The first-order chi connectivity index (χ1) is 8.29. The zero-order valence-corrected chi connectivity index (χ0v) is 9.53. The van der Waals surface area contributed by atoms with Crippen LogP contribution in [0, 0.1) is 11.3 Å². The number of para-hydroxylation sites is 1. The average Bonchev–Trinajstić information content (AvgIpc) is 2.77. The normalized spacial score (nSPS) is 9.35. The van der Waals surface area contributed by atoms with Gasteiger partial charge in [-0.2, -0.15) is 5.26 Å². The van der Waals surface area contributed by atoms with Crippen LogP contribution in [0.2, 0.25) is 0 Å². The van der Waals surface area contributed by atoms with Gasteiger partial charge >= 0.3 is 6.09 Å². The van der Waals surface area contributed by atoms with Crippen molar-refractivity contribution in [1.82, 2.24) is 0 Å². The molecule has 4 nitrogen and oxygen atoms in total. The minimum absolute atomic E-state index is 0.431. The van der Waals surface area contributed by atoms with Crippen LogP contribution in [0.3, 0.4) is 0 Å². The van der Waals surface area contributed by atoms with Crippen molar-refractivity contribution in [1.29, 1.82) is 5.26 Å². The zero-order chi connectivity index (χ0) is 12.1. The number of anilines is 1. The molecule has 0 unspecified atom stereocenters. The average molecular weight is 244 g/mol. The largest absolute Gasteiger partial charge is 0.417 e. The minimum atomic E-state index is -0.602. The fourth-order valence-corrected chi connectivity index (χ4v) is 1.93. The summed E-state index contributed by atoms with van der Waals surface area (Å²) in [6.45, 7) is 0. The molecule has 0 aliphatic heterocycles. The van der Waals surface area contributed by atoms with Gasteiger partial charge in [0.2, 0.25) is 0 Å². The topological polar surface area (TPSA) is 62.1 Å². The van der Waals surface area contributed by atoms with Crippen molar-refractivity contribution < 1.29 is 9.53 Å². The highest BCUT2D eigenvalue weighted by Gasteiger charge is 2.09. The molecule has 2 rings (SSSR count). The molecule has 17 heavy (non-hydrogen) atoms. The molecule has 0 atom stereocenters. The van der Waals surface area contributed by atoms with E-state index in [2.05, 4.69) is 5.32 Å². The van der Waals surface area contributed by atoms with Crippen molar-refractivity contribution in [3.8, 4) is 11.8 Å². The number of benzene rings is 1. The van der Waals surface area contributed by atoms with Crippen LogP contribution in [-0.2, 0) is 0 Å². The second kappa shape index (κ2) is 5.14. The minimum Gasteiger partial charge on any atom is -0.410 e. The maximum Gasteiger partial charge on any atom is 0.417 e. The quantitative estimate of drug-likeness (QED) is 0.882. The highest BCUT2D eigenvalue weighted by atomic mass is 32.1. The lowest BCUT2D eigenvalue weighted by Crippen LogP contribution is -2.16. The molecule has 0 aliphatic rings. The van der Waals surface area contributed by atoms with Crippen molar-refractivity contribution in [2.24, 2.45) is 0 Å². The van der Waals surface area contributed by atoms with Gasteiger partial charge in [-0.05, 0) is 23.6 Å². The zero-order valence-electron chi connectivity index (χ0n) is 8.71. The van der Waals surface area contributed by atoms with E-state index < -0.39 is 6.09 Å². The standard InChI is InChI=1S/C12H8N2O2S/c13-8-9-6-7-17-11(9)14-12(15)16-10-4-2-1-3-5-10/h1-7H,(H,14,15). The second-order valence-corrected chi connectivity index (χ2v) is 4.02. The summed E-state index contributed by atoms with van der Waals surface area (Å²) in [5.74, 6) is 0.458. The number of nitrogens with zero attached hydrogens (tertiary/aromatic N) is 1. The predicted octanol–water partition coefficient (Wildman–Crippen LogP) is 3.23. The molecular weight excluding hydrogens is 236 g/mol. The van der Waals surface area contributed by atoms with E-state index in [1.165, 1.54) is 11.3 Å². The summed E-state index contributed by atoms with van der Waals surface area (Å²) in [7, 11) is 0. The lowest BCUT2D eigenvalue weighted by Gasteiger charge is -2.04. The first-order valence-electron chi connectivity index (χ1n) is 4.81. The number of nitrogens with one attached hydrogen (secondary N) is 1. The fraction of sp³-hybridized carbons (Fsp3) is 0. The molecule has 0 radical (unpaired) electrons. The van der Waals surface area contributed by atoms with Gasteiger partial charge in [0.1, 0.15) is 16.8 Å². The number of hydrogen-bond donors (Lipinski definition) is 1. The van der Waals surface area contributed by atoms with Crippen molar-refractivity contribution in [2.45, 2.75) is 0 Å². The number of ether oxygens (including phenoxy) is 1. The summed E-state index contributed by atoms with van der Waals surface area (Å²) in [5.41, 5.74) is 0.431. The number of rotatable bonds is 2. The van der Waals surface area contributed by atoms with Crippen LogP contribution in [0.5, 0.6) is 5.75 Å². The van der Waals surface area contributed by atoms with Gasteiger partial charge in [0.15, 0.2) is 0 Å². The second-order valence-electron chi connectivity index (χ2n) is 3.10. The van der Waals surface area contributed by atoms with E-state index in [0.29, 0.717) is 16.3 Å². The Bertz CT molecular complexity index is 557. The Labute approximate surface area is 102 Å². The molecule has 0 spiro atoms. The number of thiophene rings is 1. The number of amides is 1. The third-order valence-corrected chi connectivity index (χ3v) is 2.78. The number of carbonyl (C=O) groups is 1.